The molecular weight excluding hydrogens is 595 g/mol. The van der Waals surface area contributed by atoms with E-state index in [9.17, 15) is 24.3 Å². The number of ether oxygens (including phenoxy) is 2. The average molecular weight is 626 g/mol. The van der Waals surface area contributed by atoms with Gasteiger partial charge >= 0.3 is 0 Å². The van der Waals surface area contributed by atoms with Gasteiger partial charge in [0.15, 0.2) is 21.2 Å². The van der Waals surface area contributed by atoms with Crippen LogP contribution >= 0.6 is 23.2 Å². The zero-order valence-corrected chi connectivity index (χ0v) is 25.3. The molecule has 224 valence electrons. The molecule has 6 rings (SSSR count). The number of alkyl halides is 2. The van der Waals surface area contributed by atoms with E-state index in [2.05, 4.69) is 0 Å². The summed E-state index contributed by atoms with van der Waals surface area (Å²) in [7, 11) is 4.17. The number of likely N-dealkylation sites (tertiary alicyclic amines) is 2. The Morgan fingerprint density at radius 1 is 0.977 bits per heavy atom. The van der Waals surface area contributed by atoms with Crippen LogP contribution in [0.25, 0.3) is 6.08 Å². The van der Waals surface area contributed by atoms with Crippen molar-refractivity contribution in [3.05, 3.63) is 71.3 Å². The van der Waals surface area contributed by atoms with Gasteiger partial charge in [0.05, 0.1) is 32.6 Å². The van der Waals surface area contributed by atoms with E-state index in [1.165, 1.54) is 26.2 Å². The van der Waals surface area contributed by atoms with Crippen molar-refractivity contribution in [3.63, 3.8) is 0 Å². The van der Waals surface area contributed by atoms with Crippen LogP contribution in [0.5, 0.6) is 17.2 Å². The van der Waals surface area contributed by atoms with Gasteiger partial charge in [0.1, 0.15) is 0 Å². The van der Waals surface area contributed by atoms with E-state index in [4.69, 9.17) is 32.7 Å². The molecule has 0 bridgehead atoms. The Hall–Kier alpha value is -3.82. The lowest BCUT2D eigenvalue weighted by Gasteiger charge is -2.49. The van der Waals surface area contributed by atoms with Crippen LogP contribution in [0.2, 0.25) is 0 Å². The second-order valence-corrected chi connectivity index (χ2v) is 12.7. The first-order valence-corrected chi connectivity index (χ1v) is 14.7. The number of fused-ring (bicyclic) bond motifs is 4. The largest absolute Gasteiger partial charge is 0.502 e. The van der Waals surface area contributed by atoms with Gasteiger partial charge in [-0.25, -0.2) is 0 Å². The summed E-state index contributed by atoms with van der Waals surface area (Å²) in [5, 5.41) is 10.4. The standard InChI is InChI=1S/C32H30Cl2N2O7/c1-35-29(40)31(33)15-21-19(10-11-20-25(21)28(39)36(27(20)38)16-17-7-5-4-6-8-17)22(32(31,34)30(35)41)12-9-18-13-23(42-2)26(37)24(14-18)43-3/h4-10,12-14,20-22,25,37H,11,15-16H2,1-3H3/t20-,21+,22-,25-,31+,32-/m0/s1. The fourth-order valence-electron chi connectivity index (χ4n) is 7.20. The maximum atomic E-state index is 13.9. The highest BCUT2D eigenvalue weighted by Gasteiger charge is 2.75. The molecule has 2 aromatic rings. The number of phenols is 1. The molecule has 1 N–H and O–H groups in total. The first-order valence-electron chi connectivity index (χ1n) is 13.9. The van der Waals surface area contributed by atoms with E-state index in [0.717, 1.165) is 10.5 Å². The molecule has 3 fully saturated rings. The Morgan fingerprint density at radius 2 is 1.63 bits per heavy atom. The quantitative estimate of drug-likeness (QED) is 0.292. The van der Waals surface area contributed by atoms with Gasteiger partial charge in [0.2, 0.25) is 17.6 Å². The molecule has 0 spiro atoms. The van der Waals surface area contributed by atoms with Gasteiger partial charge in [-0.1, -0.05) is 54.1 Å². The molecular formula is C32H30Cl2N2O7. The summed E-state index contributed by atoms with van der Waals surface area (Å²) < 4.78 is 10.6. The second kappa shape index (κ2) is 10.4. The van der Waals surface area contributed by atoms with E-state index in [-0.39, 0.29) is 48.4 Å². The van der Waals surface area contributed by atoms with Gasteiger partial charge in [-0.05, 0) is 42.0 Å². The van der Waals surface area contributed by atoms with Crippen LogP contribution in [0.4, 0.5) is 0 Å². The number of nitrogens with zero attached hydrogens (tertiary/aromatic N) is 2. The number of allylic oxidation sites excluding steroid dienone is 3. The number of amides is 4. The molecule has 4 amide bonds. The fourth-order valence-corrected chi connectivity index (χ4v) is 8.17. The zero-order chi connectivity index (χ0) is 30.8. The monoisotopic (exact) mass is 624 g/mol. The molecule has 2 heterocycles. The van der Waals surface area contributed by atoms with E-state index in [1.54, 1.807) is 24.3 Å². The normalized spacial score (nSPS) is 31.7. The van der Waals surface area contributed by atoms with Crippen molar-refractivity contribution in [1.29, 1.82) is 0 Å². The SMILES string of the molecule is COc1cc(C=C[C@H]2C3=CC[C@@H]4C(=O)N(Cc5ccccc5)C(=O)[C@@H]4[C@@H]3C[C@@]3(Cl)C(=O)N(C)C(=O)[C@@]23Cl)cc(OC)c1O. The smallest absolute Gasteiger partial charge is 0.253 e. The van der Waals surface area contributed by atoms with Crippen LogP contribution in [0, 0.1) is 23.7 Å². The predicted molar refractivity (Wildman–Crippen MR) is 158 cm³/mol. The lowest BCUT2D eigenvalue weighted by Crippen LogP contribution is -2.60. The second-order valence-electron chi connectivity index (χ2n) is 11.4. The molecule has 2 saturated heterocycles. The molecule has 0 aromatic heterocycles. The third kappa shape index (κ3) is 4.12. The third-order valence-electron chi connectivity index (χ3n) is 9.33. The number of hydrogen-bond acceptors (Lipinski definition) is 7. The maximum Gasteiger partial charge on any atom is 0.253 e. The molecule has 1 saturated carbocycles. The Labute approximate surface area is 258 Å². The number of benzene rings is 2. The molecule has 2 aliphatic heterocycles. The number of methoxy groups -OCH3 is 2. The van der Waals surface area contributed by atoms with E-state index in [0.29, 0.717) is 11.1 Å². The highest BCUT2D eigenvalue weighted by Crippen LogP contribution is 2.63. The van der Waals surface area contributed by atoms with Gasteiger partial charge in [-0.2, -0.15) is 0 Å². The predicted octanol–water partition coefficient (Wildman–Crippen LogP) is 4.14. The van der Waals surface area contributed by atoms with Crippen LogP contribution in [0.3, 0.4) is 0 Å². The van der Waals surface area contributed by atoms with Crippen LogP contribution < -0.4 is 9.47 Å². The van der Waals surface area contributed by atoms with Crippen molar-refractivity contribution < 1.29 is 33.8 Å². The summed E-state index contributed by atoms with van der Waals surface area (Å²) in [4.78, 5) is 53.2. The van der Waals surface area contributed by atoms with Gasteiger partial charge in [0.25, 0.3) is 11.8 Å². The number of carbonyl (C=O) groups excluding carboxylic acids is 4. The number of imide groups is 2. The van der Waals surface area contributed by atoms with Gasteiger partial charge in [0, 0.05) is 13.0 Å². The summed E-state index contributed by atoms with van der Waals surface area (Å²) in [6, 6.07) is 12.4. The highest BCUT2D eigenvalue weighted by molar-refractivity contribution is 6.53. The van der Waals surface area contributed by atoms with Gasteiger partial charge in [-0.15, -0.1) is 23.2 Å². The number of hydrogen-bond donors (Lipinski definition) is 1. The Kier molecular flexibility index (Phi) is 7.09. The van der Waals surface area contributed by atoms with Crippen LogP contribution in [0.1, 0.15) is 24.0 Å². The summed E-state index contributed by atoms with van der Waals surface area (Å²) in [6.45, 7) is 0.146. The number of aromatic hydroxyl groups is 1. The lowest BCUT2D eigenvalue weighted by molar-refractivity contribution is -0.141. The maximum absolute atomic E-state index is 13.9. The van der Waals surface area contributed by atoms with Crippen molar-refractivity contribution in [2.45, 2.75) is 29.1 Å². The van der Waals surface area contributed by atoms with Crippen molar-refractivity contribution >= 4 is 52.9 Å². The molecule has 9 nitrogen and oxygen atoms in total. The topological polar surface area (TPSA) is 113 Å². The van der Waals surface area contributed by atoms with Crippen molar-refractivity contribution in [2.24, 2.45) is 23.7 Å². The minimum absolute atomic E-state index is 0.0661. The van der Waals surface area contributed by atoms with E-state index in [1.807, 2.05) is 36.4 Å². The molecule has 43 heavy (non-hydrogen) atoms. The molecule has 11 heteroatoms. The number of phenolic OH excluding ortho intramolecular Hbond substituents is 1. The summed E-state index contributed by atoms with van der Waals surface area (Å²) in [6.07, 6.45) is 5.49. The zero-order valence-electron chi connectivity index (χ0n) is 23.8. The van der Waals surface area contributed by atoms with E-state index < -0.39 is 45.2 Å². The Balaban J connectivity index is 1.43. The molecule has 2 aromatic carbocycles. The van der Waals surface area contributed by atoms with Crippen molar-refractivity contribution in [1.82, 2.24) is 9.80 Å². The van der Waals surface area contributed by atoms with Crippen molar-refractivity contribution in [3.8, 4) is 17.2 Å². The van der Waals surface area contributed by atoms with Gasteiger partial charge in [-0.3, -0.25) is 29.0 Å². The molecule has 0 radical (unpaired) electrons. The molecule has 4 aliphatic rings. The Bertz CT molecular complexity index is 1580. The first kappa shape index (κ1) is 29.3. The number of carbonyl (C=O) groups is 4. The molecule has 0 unspecified atom stereocenters. The summed E-state index contributed by atoms with van der Waals surface area (Å²) in [5.41, 5.74) is 2.09. The van der Waals surface area contributed by atoms with E-state index >= 15 is 0 Å². The van der Waals surface area contributed by atoms with Gasteiger partial charge < -0.3 is 14.6 Å². The number of halogens is 2. The highest BCUT2D eigenvalue weighted by atomic mass is 35.5. The van der Waals surface area contributed by atoms with Crippen LogP contribution in [-0.4, -0.2) is 69.6 Å². The average Bonchev–Trinajstić information content (AvgIpc) is 3.32. The minimum atomic E-state index is -1.87. The summed E-state index contributed by atoms with van der Waals surface area (Å²) in [5.74, 6) is -4.51. The van der Waals surface area contributed by atoms with Crippen LogP contribution in [-0.2, 0) is 25.7 Å². The van der Waals surface area contributed by atoms with Crippen molar-refractivity contribution in [2.75, 3.05) is 21.3 Å². The fraction of sp³-hybridized carbons (Fsp3) is 0.375. The Morgan fingerprint density at radius 3 is 2.26 bits per heavy atom. The lowest BCUT2D eigenvalue weighted by atomic mass is 9.57. The minimum Gasteiger partial charge on any atom is -0.502 e. The van der Waals surface area contributed by atoms with Crippen LogP contribution in [0.15, 0.2) is 60.2 Å². The molecule has 2 aliphatic carbocycles. The molecule has 6 atom stereocenters. The number of rotatable bonds is 6. The first-order chi connectivity index (χ1) is 20.5. The summed E-state index contributed by atoms with van der Waals surface area (Å²) >= 11 is 14.3. The third-order valence-corrected chi connectivity index (χ3v) is 10.8.